The molecule has 0 atom stereocenters. The number of aromatic nitrogens is 3. The van der Waals surface area contributed by atoms with E-state index in [2.05, 4.69) is 10.1 Å². The first-order chi connectivity index (χ1) is 14.8. The lowest BCUT2D eigenvalue weighted by molar-refractivity contribution is -0.143. The Kier molecular flexibility index (Phi) is 6.79. The quantitative estimate of drug-likeness (QED) is 0.518. The fraction of sp³-hybridized carbons (Fsp3) is 0.429. The molecule has 0 spiro atoms. The summed E-state index contributed by atoms with van der Waals surface area (Å²) in [6.07, 6.45) is 0. The summed E-state index contributed by atoms with van der Waals surface area (Å²) < 4.78 is 20.2. The molecule has 0 saturated heterocycles. The monoisotopic (exact) mass is 446 g/mol. The molecule has 0 radical (unpaired) electrons. The Morgan fingerprint density at radius 2 is 1.87 bits per heavy atom. The van der Waals surface area contributed by atoms with Crippen molar-refractivity contribution < 1.29 is 23.8 Å². The van der Waals surface area contributed by atoms with Crippen molar-refractivity contribution in [3.05, 3.63) is 34.4 Å². The minimum absolute atomic E-state index is 0.119. The van der Waals surface area contributed by atoms with Crippen molar-refractivity contribution in [3.63, 3.8) is 0 Å². The number of hydrogen-bond acceptors (Lipinski definition) is 7. The molecule has 0 bridgehead atoms. The highest BCUT2D eigenvalue weighted by Crippen LogP contribution is 2.35. The molecule has 3 aromatic rings. The molecule has 1 aromatic carbocycles. The van der Waals surface area contributed by atoms with Gasteiger partial charge in [-0.05, 0) is 45.9 Å². The Morgan fingerprint density at radius 1 is 1.19 bits per heavy atom. The lowest BCUT2D eigenvalue weighted by Crippen LogP contribution is -2.23. The first-order valence-electron chi connectivity index (χ1n) is 9.85. The fourth-order valence-electron chi connectivity index (χ4n) is 3.28. The van der Waals surface area contributed by atoms with Crippen LogP contribution in [0.1, 0.15) is 43.0 Å². The van der Waals surface area contributed by atoms with Crippen LogP contribution in [0, 0.1) is 6.92 Å². The summed E-state index contributed by atoms with van der Waals surface area (Å²) in [5.41, 5.74) is 1.72. The van der Waals surface area contributed by atoms with Crippen LogP contribution in [0.25, 0.3) is 10.2 Å². The highest BCUT2D eigenvalue weighted by molar-refractivity contribution is 7.16. The topological polar surface area (TPSA) is 96.9 Å². The van der Waals surface area contributed by atoms with E-state index in [4.69, 9.17) is 14.2 Å². The lowest BCUT2D eigenvalue weighted by Gasteiger charge is -2.09. The number of nitrogens with zero attached hydrogens (tertiary/aromatic N) is 4. The normalized spacial score (nSPS) is 11.9. The molecular formula is C21H26N4O5S. The third-order valence-electron chi connectivity index (χ3n) is 4.61. The Labute approximate surface area is 183 Å². The van der Waals surface area contributed by atoms with Crippen LogP contribution in [-0.2, 0) is 16.1 Å². The highest BCUT2D eigenvalue weighted by atomic mass is 32.1. The van der Waals surface area contributed by atoms with Gasteiger partial charge in [0, 0.05) is 11.7 Å². The number of carbonyl (C=O) groups is 2. The zero-order chi connectivity index (χ0) is 22.7. The predicted molar refractivity (Wildman–Crippen MR) is 117 cm³/mol. The van der Waals surface area contributed by atoms with Crippen LogP contribution >= 0.6 is 11.3 Å². The minimum atomic E-state index is -0.496. The van der Waals surface area contributed by atoms with Crippen LogP contribution in [-0.4, -0.2) is 47.1 Å². The van der Waals surface area contributed by atoms with Crippen molar-refractivity contribution in [3.8, 4) is 11.5 Å². The molecule has 0 aliphatic carbocycles. The van der Waals surface area contributed by atoms with Crippen LogP contribution in [0.2, 0.25) is 0 Å². The third kappa shape index (κ3) is 4.48. The number of rotatable bonds is 7. The molecule has 9 nitrogen and oxygen atoms in total. The van der Waals surface area contributed by atoms with Crippen LogP contribution in [0.15, 0.2) is 23.2 Å². The molecule has 31 heavy (non-hydrogen) atoms. The van der Waals surface area contributed by atoms with Crippen LogP contribution in [0.4, 0.5) is 0 Å². The lowest BCUT2D eigenvalue weighted by atomic mass is 10.3. The number of methoxy groups -OCH3 is 2. The molecule has 166 valence electrons. The average molecular weight is 447 g/mol. The average Bonchev–Trinajstić information content (AvgIpc) is 3.29. The van der Waals surface area contributed by atoms with Crippen molar-refractivity contribution in [1.29, 1.82) is 0 Å². The molecule has 2 aromatic heterocycles. The van der Waals surface area contributed by atoms with E-state index in [1.54, 1.807) is 41.5 Å². The standard InChI is InChI=1S/C21H26N4O5S/c1-7-30-17(26)11-24-18-15(28-5)8-9-16(29-6)19(18)31-21(24)22-20(27)14-10-13(4)25(23-14)12(2)3/h8-10,12H,7,11H2,1-6H3. The number of amides is 1. The zero-order valence-corrected chi connectivity index (χ0v) is 19.3. The number of thiazole rings is 1. The van der Waals surface area contributed by atoms with E-state index in [0.29, 0.717) is 26.5 Å². The van der Waals surface area contributed by atoms with Crippen molar-refractivity contribution in [2.24, 2.45) is 4.99 Å². The van der Waals surface area contributed by atoms with Crippen LogP contribution in [0.3, 0.4) is 0 Å². The maximum absolute atomic E-state index is 12.9. The van der Waals surface area contributed by atoms with Crippen LogP contribution < -0.4 is 14.3 Å². The largest absolute Gasteiger partial charge is 0.495 e. The number of fused-ring (bicyclic) bond motifs is 1. The van der Waals surface area contributed by atoms with Gasteiger partial charge >= 0.3 is 5.97 Å². The fourth-order valence-corrected chi connectivity index (χ4v) is 4.42. The summed E-state index contributed by atoms with van der Waals surface area (Å²) in [4.78, 5) is 29.8. The van der Waals surface area contributed by atoms with Gasteiger partial charge in [-0.2, -0.15) is 10.1 Å². The van der Waals surface area contributed by atoms with Gasteiger partial charge < -0.3 is 18.8 Å². The number of carbonyl (C=O) groups excluding carboxylic acids is 2. The number of ether oxygens (including phenoxy) is 3. The minimum Gasteiger partial charge on any atom is -0.495 e. The smallest absolute Gasteiger partial charge is 0.326 e. The van der Waals surface area contributed by atoms with Crippen molar-refractivity contribution in [1.82, 2.24) is 14.3 Å². The van der Waals surface area contributed by atoms with E-state index in [-0.39, 0.29) is 24.9 Å². The van der Waals surface area contributed by atoms with Gasteiger partial charge in [0.15, 0.2) is 10.5 Å². The van der Waals surface area contributed by atoms with E-state index in [1.807, 2.05) is 20.8 Å². The van der Waals surface area contributed by atoms with E-state index in [9.17, 15) is 9.59 Å². The van der Waals surface area contributed by atoms with E-state index < -0.39 is 11.9 Å². The number of benzene rings is 1. The summed E-state index contributed by atoms with van der Waals surface area (Å²) in [7, 11) is 3.09. The Hall–Kier alpha value is -3.14. The molecule has 10 heteroatoms. The number of aryl methyl sites for hydroxylation is 1. The first-order valence-corrected chi connectivity index (χ1v) is 10.7. The Morgan fingerprint density at radius 3 is 2.45 bits per heavy atom. The van der Waals surface area contributed by atoms with Gasteiger partial charge in [-0.25, -0.2) is 0 Å². The van der Waals surface area contributed by atoms with Crippen LogP contribution in [0.5, 0.6) is 11.5 Å². The molecule has 0 N–H and O–H groups in total. The Balaban J connectivity index is 2.21. The molecular weight excluding hydrogens is 420 g/mol. The maximum Gasteiger partial charge on any atom is 0.326 e. The molecule has 0 aliphatic rings. The van der Waals surface area contributed by atoms with Gasteiger partial charge in [0.05, 0.1) is 20.8 Å². The summed E-state index contributed by atoms with van der Waals surface area (Å²) >= 11 is 1.23. The summed E-state index contributed by atoms with van der Waals surface area (Å²) in [5.74, 6) is 0.183. The number of esters is 1. The van der Waals surface area contributed by atoms with Gasteiger partial charge in [0.1, 0.15) is 28.3 Å². The molecule has 0 unspecified atom stereocenters. The van der Waals surface area contributed by atoms with Crippen molar-refractivity contribution in [2.45, 2.75) is 40.3 Å². The molecule has 1 amide bonds. The SMILES string of the molecule is CCOC(=O)Cn1c(=NC(=O)c2cc(C)n(C(C)C)n2)sc2c(OC)ccc(OC)c21. The summed E-state index contributed by atoms with van der Waals surface area (Å²) in [6.45, 7) is 7.73. The summed E-state index contributed by atoms with van der Waals surface area (Å²) in [6, 6.07) is 5.34. The van der Waals surface area contributed by atoms with E-state index in [1.165, 1.54) is 18.4 Å². The third-order valence-corrected chi connectivity index (χ3v) is 5.71. The number of hydrogen-bond donors (Lipinski definition) is 0. The van der Waals surface area contributed by atoms with Gasteiger partial charge in [-0.3, -0.25) is 14.3 Å². The van der Waals surface area contributed by atoms with E-state index >= 15 is 0 Å². The first kappa shape index (κ1) is 22.5. The summed E-state index contributed by atoms with van der Waals surface area (Å²) in [5, 5.41) is 4.37. The second-order valence-corrected chi connectivity index (χ2v) is 8.03. The highest BCUT2D eigenvalue weighted by Gasteiger charge is 2.20. The second kappa shape index (κ2) is 9.34. The predicted octanol–water partition coefficient (Wildman–Crippen LogP) is 3.11. The van der Waals surface area contributed by atoms with Gasteiger partial charge in [0.25, 0.3) is 5.91 Å². The maximum atomic E-state index is 12.9. The Bertz CT molecular complexity index is 1190. The molecule has 3 rings (SSSR count). The molecule has 2 heterocycles. The molecule has 0 fully saturated rings. The van der Waals surface area contributed by atoms with Crippen molar-refractivity contribution >= 4 is 33.4 Å². The van der Waals surface area contributed by atoms with Gasteiger partial charge in [-0.15, -0.1) is 0 Å². The van der Waals surface area contributed by atoms with Gasteiger partial charge in [0.2, 0.25) is 0 Å². The molecule has 0 aliphatic heterocycles. The molecule has 0 saturated carbocycles. The van der Waals surface area contributed by atoms with Crippen molar-refractivity contribution in [2.75, 3.05) is 20.8 Å². The zero-order valence-electron chi connectivity index (χ0n) is 18.5. The van der Waals surface area contributed by atoms with Gasteiger partial charge in [-0.1, -0.05) is 11.3 Å². The van der Waals surface area contributed by atoms with E-state index in [0.717, 1.165) is 5.69 Å². The second-order valence-electron chi connectivity index (χ2n) is 7.05.